The fourth-order valence-electron chi connectivity index (χ4n) is 1.53. The highest BCUT2D eigenvalue weighted by molar-refractivity contribution is 7.99. The van der Waals surface area contributed by atoms with Crippen LogP contribution < -0.4 is 5.73 Å². The molecule has 0 radical (unpaired) electrons. The molecule has 0 fully saturated rings. The van der Waals surface area contributed by atoms with Gasteiger partial charge in [0.1, 0.15) is 5.84 Å². The van der Waals surface area contributed by atoms with E-state index >= 15 is 0 Å². The van der Waals surface area contributed by atoms with Gasteiger partial charge in [-0.15, -0.1) is 11.8 Å². The number of hydrogen-bond donors (Lipinski definition) is 2. The molecule has 3 N–H and O–H groups in total. The number of nitrogens with two attached hydrogens (primary N) is 1. The Labute approximate surface area is 92.2 Å². The molecule has 0 unspecified atom stereocenters. The maximum atomic E-state index is 7.48. The average molecular weight is 217 g/mol. The third-order valence-electron chi connectivity index (χ3n) is 2.22. The first-order valence-electron chi connectivity index (χ1n) is 4.50. The van der Waals surface area contributed by atoms with Crippen LogP contribution in [-0.2, 0) is 0 Å². The Hall–Kier alpha value is -1.55. The van der Waals surface area contributed by atoms with Crippen LogP contribution in [0.5, 0.6) is 0 Å². The van der Waals surface area contributed by atoms with Crippen molar-refractivity contribution in [2.75, 3.05) is 6.26 Å². The molecular weight excluding hydrogens is 206 g/mol. The number of nitrogens with one attached hydrogen (secondary N) is 1. The van der Waals surface area contributed by atoms with Gasteiger partial charge in [0.2, 0.25) is 0 Å². The lowest BCUT2D eigenvalue weighted by molar-refractivity contribution is 1.29. The van der Waals surface area contributed by atoms with Crippen LogP contribution in [-0.4, -0.2) is 17.1 Å². The van der Waals surface area contributed by atoms with Crippen LogP contribution >= 0.6 is 11.8 Å². The van der Waals surface area contributed by atoms with E-state index in [0.717, 1.165) is 15.8 Å². The van der Waals surface area contributed by atoms with Gasteiger partial charge in [-0.25, -0.2) is 0 Å². The van der Waals surface area contributed by atoms with Crippen molar-refractivity contribution in [3.8, 4) is 0 Å². The highest BCUT2D eigenvalue weighted by atomic mass is 32.2. The highest BCUT2D eigenvalue weighted by Gasteiger charge is 2.09. The van der Waals surface area contributed by atoms with Gasteiger partial charge in [-0.3, -0.25) is 10.4 Å². The summed E-state index contributed by atoms with van der Waals surface area (Å²) in [4.78, 5) is 5.30. The molecule has 0 aliphatic rings. The zero-order valence-corrected chi connectivity index (χ0v) is 9.14. The molecule has 4 heteroatoms. The number of hydrogen-bond acceptors (Lipinski definition) is 3. The third kappa shape index (κ3) is 1.68. The van der Waals surface area contributed by atoms with E-state index in [-0.39, 0.29) is 5.84 Å². The normalized spacial score (nSPS) is 10.5. The van der Waals surface area contributed by atoms with Gasteiger partial charge in [0.25, 0.3) is 0 Å². The van der Waals surface area contributed by atoms with E-state index in [1.807, 2.05) is 30.5 Å². The maximum Gasteiger partial charge on any atom is 0.125 e. The number of rotatable bonds is 2. The van der Waals surface area contributed by atoms with Crippen molar-refractivity contribution in [3.05, 3.63) is 36.0 Å². The van der Waals surface area contributed by atoms with E-state index in [4.69, 9.17) is 11.1 Å². The average Bonchev–Trinajstić information content (AvgIpc) is 2.27. The Kier molecular flexibility index (Phi) is 2.60. The minimum atomic E-state index is 0.0672. The van der Waals surface area contributed by atoms with Crippen LogP contribution in [0.15, 0.2) is 35.4 Å². The van der Waals surface area contributed by atoms with Gasteiger partial charge < -0.3 is 5.73 Å². The van der Waals surface area contributed by atoms with Crippen LogP contribution in [0.4, 0.5) is 0 Å². The predicted molar refractivity (Wildman–Crippen MR) is 64.5 cm³/mol. The lowest BCUT2D eigenvalue weighted by Gasteiger charge is -2.08. The van der Waals surface area contributed by atoms with Gasteiger partial charge >= 0.3 is 0 Å². The molecule has 2 rings (SSSR count). The van der Waals surface area contributed by atoms with Gasteiger partial charge in [0.05, 0.1) is 5.52 Å². The number of para-hydroxylation sites is 1. The summed E-state index contributed by atoms with van der Waals surface area (Å²) in [5.74, 6) is 0.0672. The number of nitrogen functional groups attached to an aromatic ring is 1. The standard InChI is InChI=1S/C11H11N3S/c1-15-10-7-4-2-3-5-9(7)14-6-8(10)11(12)13/h2-6H,1H3,(H3,12,13). The van der Waals surface area contributed by atoms with E-state index < -0.39 is 0 Å². The molecular formula is C11H11N3S. The Morgan fingerprint density at radius 2 is 2.13 bits per heavy atom. The zero-order valence-electron chi connectivity index (χ0n) is 8.32. The first kappa shape index (κ1) is 9.98. The molecule has 0 aliphatic carbocycles. The van der Waals surface area contributed by atoms with Crippen LogP contribution in [0.3, 0.4) is 0 Å². The van der Waals surface area contributed by atoms with E-state index in [0.29, 0.717) is 5.56 Å². The highest BCUT2D eigenvalue weighted by Crippen LogP contribution is 2.28. The van der Waals surface area contributed by atoms with E-state index in [2.05, 4.69) is 4.98 Å². The Bertz CT molecular complexity index is 522. The molecule has 1 aromatic heterocycles. The Morgan fingerprint density at radius 3 is 2.80 bits per heavy atom. The van der Waals surface area contributed by atoms with Crippen molar-refractivity contribution < 1.29 is 0 Å². The summed E-state index contributed by atoms with van der Waals surface area (Å²) in [7, 11) is 0. The van der Waals surface area contributed by atoms with Crippen molar-refractivity contribution in [1.29, 1.82) is 5.41 Å². The van der Waals surface area contributed by atoms with Gasteiger partial charge in [-0.1, -0.05) is 18.2 Å². The first-order valence-corrected chi connectivity index (χ1v) is 5.72. The predicted octanol–water partition coefficient (Wildman–Crippen LogP) is 2.24. The van der Waals surface area contributed by atoms with Gasteiger partial charge in [-0.05, 0) is 12.3 Å². The summed E-state index contributed by atoms with van der Waals surface area (Å²) in [6, 6.07) is 7.88. The number of fused-ring (bicyclic) bond motifs is 1. The number of benzene rings is 1. The number of aromatic nitrogens is 1. The zero-order chi connectivity index (χ0) is 10.8. The molecule has 0 amide bonds. The van der Waals surface area contributed by atoms with Crippen molar-refractivity contribution in [2.24, 2.45) is 5.73 Å². The lowest BCUT2D eigenvalue weighted by Crippen LogP contribution is -2.12. The molecule has 0 atom stereocenters. The quantitative estimate of drug-likeness (QED) is 0.460. The van der Waals surface area contributed by atoms with E-state index in [1.165, 1.54) is 0 Å². The fourth-order valence-corrected chi connectivity index (χ4v) is 2.30. The van der Waals surface area contributed by atoms with Gasteiger partial charge in [0.15, 0.2) is 0 Å². The minimum absolute atomic E-state index is 0.0672. The second kappa shape index (κ2) is 3.90. The molecule has 3 nitrogen and oxygen atoms in total. The van der Waals surface area contributed by atoms with Crippen LogP contribution in [0.25, 0.3) is 10.9 Å². The molecule has 0 saturated carbocycles. The molecule has 1 heterocycles. The molecule has 0 bridgehead atoms. The summed E-state index contributed by atoms with van der Waals surface area (Å²) in [5, 5.41) is 8.53. The molecule has 2 aromatic rings. The third-order valence-corrected chi connectivity index (χ3v) is 3.07. The number of nitrogens with zero attached hydrogens (tertiary/aromatic N) is 1. The molecule has 76 valence electrons. The first-order chi connectivity index (χ1) is 7.24. The topological polar surface area (TPSA) is 62.8 Å². The molecule has 15 heavy (non-hydrogen) atoms. The van der Waals surface area contributed by atoms with Crippen LogP contribution in [0, 0.1) is 5.41 Å². The second-order valence-corrected chi connectivity index (χ2v) is 3.95. The SMILES string of the molecule is CSc1c(C(=N)N)cnc2ccccc12. The van der Waals surface area contributed by atoms with Crippen LogP contribution in [0.1, 0.15) is 5.56 Å². The molecule has 0 aliphatic heterocycles. The van der Waals surface area contributed by atoms with Gasteiger partial charge in [0, 0.05) is 22.0 Å². The summed E-state index contributed by atoms with van der Waals surface area (Å²) >= 11 is 1.59. The molecule has 1 aromatic carbocycles. The largest absolute Gasteiger partial charge is 0.384 e. The van der Waals surface area contributed by atoms with E-state index in [1.54, 1.807) is 18.0 Å². The Morgan fingerprint density at radius 1 is 1.40 bits per heavy atom. The Balaban J connectivity index is 2.81. The van der Waals surface area contributed by atoms with Crippen molar-refractivity contribution >= 4 is 28.5 Å². The fraction of sp³-hybridized carbons (Fsp3) is 0.0909. The summed E-state index contributed by atoms with van der Waals surface area (Å²) < 4.78 is 0. The maximum absolute atomic E-state index is 7.48. The summed E-state index contributed by atoms with van der Waals surface area (Å²) in [5.41, 5.74) is 7.16. The second-order valence-electron chi connectivity index (χ2n) is 3.14. The van der Waals surface area contributed by atoms with Crippen LogP contribution in [0.2, 0.25) is 0 Å². The number of pyridine rings is 1. The molecule has 0 saturated heterocycles. The van der Waals surface area contributed by atoms with Crippen molar-refractivity contribution in [3.63, 3.8) is 0 Å². The monoisotopic (exact) mass is 217 g/mol. The van der Waals surface area contributed by atoms with Gasteiger partial charge in [-0.2, -0.15) is 0 Å². The van der Waals surface area contributed by atoms with Crippen molar-refractivity contribution in [1.82, 2.24) is 4.98 Å². The smallest absolute Gasteiger partial charge is 0.125 e. The summed E-state index contributed by atoms with van der Waals surface area (Å²) in [6.07, 6.45) is 3.64. The minimum Gasteiger partial charge on any atom is -0.384 e. The molecule has 0 spiro atoms. The van der Waals surface area contributed by atoms with E-state index in [9.17, 15) is 0 Å². The van der Waals surface area contributed by atoms with Crippen molar-refractivity contribution in [2.45, 2.75) is 4.90 Å². The lowest BCUT2D eigenvalue weighted by atomic mass is 10.1. The summed E-state index contributed by atoms with van der Waals surface area (Å²) in [6.45, 7) is 0. The number of amidine groups is 1. The number of thioether (sulfide) groups is 1.